The number of aromatic amines is 1. The van der Waals surface area contributed by atoms with Gasteiger partial charge in [0.1, 0.15) is 23.5 Å². The summed E-state index contributed by atoms with van der Waals surface area (Å²) >= 11 is 12.4. The molecule has 7 nitrogen and oxygen atoms in total. The number of halogens is 2. The second-order valence-corrected chi connectivity index (χ2v) is 8.73. The van der Waals surface area contributed by atoms with Gasteiger partial charge in [-0.2, -0.15) is 0 Å². The van der Waals surface area contributed by atoms with Gasteiger partial charge >= 0.3 is 0 Å². The van der Waals surface area contributed by atoms with Gasteiger partial charge in [-0.25, -0.2) is 9.97 Å². The number of nitrogens with zero attached hydrogens (tertiary/aromatic N) is 2. The van der Waals surface area contributed by atoms with Crippen molar-refractivity contribution in [2.75, 3.05) is 17.7 Å². The first-order chi connectivity index (χ1) is 16.0. The molecule has 3 N–H and O–H groups in total. The standard InChI is InChI=1S/C24H21Cl2N5O2/c1-33-20-11-17(26)16(25)10-19(20)31-23-21-15-9-13(24(32)29-14-5-3-2-4-6-14)7-8-18(15)30-22(21)27-12-28-23/h2-6,10-13H,7-9H2,1H3,(H,29,32)(H2,27,28,30,31)/t13-/m0/s1. The summed E-state index contributed by atoms with van der Waals surface area (Å²) < 4.78 is 5.45. The summed E-state index contributed by atoms with van der Waals surface area (Å²) in [6, 6.07) is 12.9. The Morgan fingerprint density at radius 2 is 1.94 bits per heavy atom. The number of hydrogen-bond donors (Lipinski definition) is 3. The zero-order valence-electron chi connectivity index (χ0n) is 17.8. The van der Waals surface area contributed by atoms with Gasteiger partial charge < -0.3 is 20.4 Å². The van der Waals surface area contributed by atoms with Crippen LogP contribution in [0.4, 0.5) is 17.2 Å². The Kier molecular flexibility index (Phi) is 5.83. The van der Waals surface area contributed by atoms with Crippen molar-refractivity contribution in [2.45, 2.75) is 19.3 Å². The zero-order chi connectivity index (χ0) is 22.9. The van der Waals surface area contributed by atoms with Gasteiger partial charge in [0.2, 0.25) is 5.91 Å². The third-order valence-electron chi connectivity index (χ3n) is 5.88. The molecule has 9 heteroatoms. The molecule has 1 amide bonds. The molecule has 168 valence electrons. The van der Waals surface area contributed by atoms with Gasteiger partial charge in [-0.05, 0) is 43.0 Å². The Hall–Kier alpha value is -3.29. The molecule has 2 heterocycles. The number of ether oxygens (including phenoxy) is 1. The monoisotopic (exact) mass is 481 g/mol. The van der Waals surface area contributed by atoms with Gasteiger partial charge in [0.25, 0.3) is 0 Å². The summed E-state index contributed by atoms with van der Waals surface area (Å²) in [6.07, 6.45) is 3.61. The first-order valence-corrected chi connectivity index (χ1v) is 11.3. The maximum atomic E-state index is 13.0. The topological polar surface area (TPSA) is 91.9 Å². The smallest absolute Gasteiger partial charge is 0.227 e. The average molecular weight is 482 g/mol. The quantitative estimate of drug-likeness (QED) is 0.336. The minimum absolute atomic E-state index is 0.0127. The number of carbonyl (C=O) groups is 1. The van der Waals surface area contributed by atoms with Gasteiger partial charge in [0.15, 0.2) is 0 Å². The second-order valence-electron chi connectivity index (χ2n) is 7.91. The Morgan fingerprint density at radius 3 is 2.73 bits per heavy atom. The predicted octanol–water partition coefficient (Wildman–Crippen LogP) is 5.76. The normalized spacial score (nSPS) is 15.2. The largest absolute Gasteiger partial charge is 0.495 e. The van der Waals surface area contributed by atoms with Gasteiger partial charge in [0, 0.05) is 23.4 Å². The lowest BCUT2D eigenvalue weighted by Gasteiger charge is -2.22. The molecule has 0 aliphatic heterocycles. The molecule has 0 bridgehead atoms. The molecule has 1 atom stereocenters. The summed E-state index contributed by atoms with van der Waals surface area (Å²) in [5, 5.41) is 8.00. The van der Waals surface area contributed by atoms with E-state index < -0.39 is 0 Å². The van der Waals surface area contributed by atoms with Crippen molar-refractivity contribution in [3.8, 4) is 5.75 Å². The predicted molar refractivity (Wildman–Crippen MR) is 131 cm³/mol. The van der Waals surface area contributed by atoms with Crippen molar-refractivity contribution in [1.82, 2.24) is 15.0 Å². The van der Waals surface area contributed by atoms with E-state index in [4.69, 9.17) is 27.9 Å². The first kappa shape index (κ1) is 21.6. The highest BCUT2D eigenvalue weighted by Crippen LogP contribution is 2.39. The molecule has 0 saturated heterocycles. The van der Waals surface area contributed by atoms with Crippen LogP contribution in [0.25, 0.3) is 11.0 Å². The fraction of sp³-hybridized carbons (Fsp3) is 0.208. The molecule has 0 spiro atoms. The Labute approximate surface area is 200 Å². The first-order valence-electron chi connectivity index (χ1n) is 10.5. The van der Waals surface area contributed by atoms with Crippen LogP contribution in [0.2, 0.25) is 10.0 Å². The molecule has 5 rings (SSSR count). The lowest BCUT2D eigenvalue weighted by molar-refractivity contribution is -0.120. The van der Waals surface area contributed by atoms with E-state index in [1.54, 1.807) is 19.2 Å². The molecule has 1 aliphatic rings. The zero-order valence-corrected chi connectivity index (χ0v) is 19.3. The van der Waals surface area contributed by atoms with E-state index >= 15 is 0 Å². The van der Waals surface area contributed by atoms with Crippen molar-refractivity contribution in [1.29, 1.82) is 0 Å². The van der Waals surface area contributed by atoms with Gasteiger partial charge in [-0.3, -0.25) is 4.79 Å². The van der Waals surface area contributed by atoms with E-state index in [2.05, 4.69) is 25.6 Å². The van der Waals surface area contributed by atoms with Crippen LogP contribution in [-0.2, 0) is 17.6 Å². The lowest BCUT2D eigenvalue weighted by Crippen LogP contribution is -2.28. The van der Waals surface area contributed by atoms with E-state index in [9.17, 15) is 4.79 Å². The number of amides is 1. The molecule has 33 heavy (non-hydrogen) atoms. The Balaban J connectivity index is 1.47. The average Bonchev–Trinajstić information content (AvgIpc) is 3.20. The number of nitrogens with one attached hydrogen (secondary N) is 3. The van der Waals surface area contributed by atoms with E-state index in [0.717, 1.165) is 40.8 Å². The van der Waals surface area contributed by atoms with Crippen molar-refractivity contribution in [2.24, 2.45) is 5.92 Å². The summed E-state index contributed by atoms with van der Waals surface area (Å²) in [6.45, 7) is 0. The summed E-state index contributed by atoms with van der Waals surface area (Å²) in [7, 11) is 1.56. The van der Waals surface area contributed by atoms with Gasteiger partial charge in [-0.15, -0.1) is 0 Å². The van der Waals surface area contributed by atoms with Crippen LogP contribution in [0.1, 0.15) is 17.7 Å². The van der Waals surface area contributed by atoms with E-state index in [1.165, 1.54) is 6.33 Å². The number of H-pyrrole nitrogens is 1. The number of aryl methyl sites for hydroxylation is 1. The Morgan fingerprint density at radius 1 is 1.15 bits per heavy atom. The van der Waals surface area contributed by atoms with E-state index in [-0.39, 0.29) is 11.8 Å². The van der Waals surface area contributed by atoms with Crippen LogP contribution in [0, 0.1) is 5.92 Å². The third kappa shape index (κ3) is 4.21. The summed E-state index contributed by atoms with van der Waals surface area (Å²) in [5.74, 6) is 1.02. The highest BCUT2D eigenvalue weighted by Gasteiger charge is 2.29. The Bertz CT molecular complexity index is 1340. The fourth-order valence-electron chi connectivity index (χ4n) is 4.25. The number of benzene rings is 2. The number of para-hydroxylation sites is 1. The van der Waals surface area contributed by atoms with Crippen molar-refractivity contribution < 1.29 is 9.53 Å². The molecular weight excluding hydrogens is 461 g/mol. The molecular formula is C24H21Cl2N5O2. The molecule has 0 fully saturated rings. The van der Waals surface area contributed by atoms with Crippen LogP contribution in [0.3, 0.4) is 0 Å². The van der Waals surface area contributed by atoms with Crippen molar-refractivity contribution in [3.63, 3.8) is 0 Å². The fourth-order valence-corrected chi connectivity index (χ4v) is 4.57. The lowest BCUT2D eigenvalue weighted by atomic mass is 9.86. The van der Waals surface area contributed by atoms with Crippen LogP contribution < -0.4 is 15.4 Å². The van der Waals surface area contributed by atoms with Crippen LogP contribution in [-0.4, -0.2) is 28.0 Å². The number of hydrogen-bond acceptors (Lipinski definition) is 5. The SMILES string of the molecule is COc1cc(Cl)c(Cl)cc1Nc1ncnc2[nH]c3c(c12)C[C@@H](C(=O)Nc1ccccc1)CC3. The third-order valence-corrected chi connectivity index (χ3v) is 6.61. The summed E-state index contributed by atoms with van der Waals surface area (Å²) in [4.78, 5) is 25.2. The van der Waals surface area contributed by atoms with Crippen molar-refractivity contribution in [3.05, 3.63) is 70.1 Å². The minimum Gasteiger partial charge on any atom is -0.495 e. The van der Waals surface area contributed by atoms with Crippen molar-refractivity contribution >= 4 is 57.3 Å². The van der Waals surface area contributed by atoms with Crippen LogP contribution in [0.5, 0.6) is 5.75 Å². The number of aromatic nitrogens is 3. The van der Waals surface area contributed by atoms with E-state index in [0.29, 0.717) is 33.7 Å². The summed E-state index contributed by atoms with van der Waals surface area (Å²) in [5.41, 5.74) is 4.28. The van der Waals surface area contributed by atoms with Gasteiger partial charge in [-0.1, -0.05) is 41.4 Å². The maximum absolute atomic E-state index is 13.0. The number of carbonyl (C=O) groups excluding carboxylic acids is 1. The highest BCUT2D eigenvalue weighted by atomic mass is 35.5. The molecule has 2 aromatic carbocycles. The maximum Gasteiger partial charge on any atom is 0.227 e. The molecule has 0 unspecified atom stereocenters. The van der Waals surface area contributed by atoms with E-state index in [1.807, 2.05) is 30.3 Å². The highest BCUT2D eigenvalue weighted by molar-refractivity contribution is 6.42. The van der Waals surface area contributed by atoms with Gasteiger partial charge in [0.05, 0.1) is 28.2 Å². The van der Waals surface area contributed by atoms with Crippen LogP contribution >= 0.6 is 23.2 Å². The second kappa shape index (κ2) is 8.92. The molecule has 0 radical (unpaired) electrons. The molecule has 1 aliphatic carbocycles. The molecule has 0 saturated carbocycles. The molecule has 4 aromatic rings. The van der Waals surface area contributed by atoms with Crippen LogP contribution in [0.15, 0.2) is 48.8 Å². The number of methoxy groups -OCH3 is 1. The number of rotatable bonds is 5. The molecule has 2 aromatic heterocycles. The number of fused-ring (bicyclic) bond motifs is 3. The number of anilines is 3. The minimum atomic E-state index is -0.149.